The third kappa shape index (κ3) is 5.25. The maximum atomic E-state index is 14.0. The largest absolute Gasteiger partial charge is 0.462 e. The number of nitrogens with zero attached hydrogens (tertiary/aromatic N) is 3. The van der Waals surface area contributed by atoms with Crippen molar-refractivity contribution in [3.05, 3.63) is 105 Å². The topological polar surface area (TPSA) is 128 Å². The zero-order chi connectivity index (χ0) is 30.2. The highest BCUT2D eigenvalue weighted by Gasteiger charge is 2.56. The molecule has 1 saturated heterocycles. The van der Waals surface area contributed by atoms with Gasteiger partial charge in [-0.25, -0.2) is 14.1 Å². The van der Waals surface area contributed by atoms with E-state index in [0.717, 1.165) is 28.0 Å². The van der Waals surface area contributed by atoms with E-state index in [1.54, 1.807) is 31.5 Å². The molecule has 2 aliphatic heterocycles. The molecular weight excluding hydrogens is 595 g/mol. The van der Waals surface area contributed by atoms with Crippen LogP contribution >= 0.6 is 23.1 Å². The Morgan fingerprint density at radius 2 is 1.77 bits per heavy atom. The molecule has 0 saturated carbocycles. The number of rotatable bonds is 7. The van der Waals surface area contributed by atoms with Crippen molar-refractivity contribution in [1.82, 2.24) is 9.55 Å². The molecule has 3 amide bonds. The molecule has 0 bridgehead atoms. The van der Waals surface area contributed by atoms with E-state index in [4.69, 9.17) is 4.74 Å². The molecule has 6 rings (SSSR count). The van der Waals surface area contributed by atoms with Gasteiger partial charge >= 0.3 is 10.8 Å². The second-order valence-electron chi connectivity index (χ2n) is 9.79. The fraction of sp³-hybridized carbons (Fsp3) is 0.200. The number of aromatic nitrogens is 2. The number of benzene rings is 2. The summed E-state index contributed by atoms with van der Waals surface area (Å²) in [5.74, 6) is -3.87. The van der Waals surface area contributed by atoms with Gasteiger partial charge in [-0.05, 0) is 67.1 Å². The molecule has 1 N–H and O–H groups in total. The van der Waals surface area contributed by atoms with E-state index in [0.29, 0.717) is 26.8 Å². The molecule has 13 heteroatoms. The smallest absolute Gasteiger partial charge is 0.338 e. The van der Waals surface area contributed by atoms with E-state index in [2.05, 4.69) is 10.3 Å². The third-order valence-corrected chi connectivity index (χ3v) is 9.76. The van der Waals surface area contributed by atoms with Gasteiger partial charge in [-0.15, -0.1) is 0 Å². The molecule has 2 unspecified atom stereocenters. The lowest BCUT2D eigenvalue weighted by Gasteiger charge is -2.30. The number of ether oxygens (including phenoxy) is 1. The molecule has 3 atom stereocenters. The van der Waals surface area contributed by atoms with Crippen LogP contribution in [0.25, 0.3) is 0 Å². The van der Waals surface area contributed by atoms with Crippen molar-refractivity contribution < 1.29 is 28.3 Å². The van der Waals surface area contributed by atoms with E-state index in [1.807, 2.05) is 0 Å². The monoisotopic (exact) mass is 618 g/mol. The summed E-state index contributed by atoms with van der Waals surface area (Å²) in [6.45, 7) is 1.57. The first-order chi connectivity index (χ1) is 20.8. The minimum absolute atomic E-state index is 0.211. The van der Waals surface area contributed by atoms with Crippen molar-refractivity contribution in [1.29, 1.82) is 0 Å². The number of thioether (sulfide) groups is 1. The molecule has 1 fully saturated rings. The van der Waals surface area contributed by atoms with Crippen LogP contribution in [0.2, 0.25) is 0 Å². The van der Waals surface area contributed by atoms with Crippen LogP contribution in [0, 0.1) is 11.7 Å². The quantitative estimate of drug-likeness (QED) is 0.243. The molecule has 2 aromatic carbocycles. The first-order valence-corrected chi connectivity index (χ1v) is 15.0. The van der Waals surface area contributed by atoms with Gasteiger partial charge in [-0.1, -0.05) is 29.2 Å². The summed E-state index contributed by atoms with van der Waals surface area (Å²) in [5, 5.41) is 2.20. The molecule has 4 heterocycles. The number of carbonyl (C=O) groups excluding carboxylic acids is 4. The van der Waals surface area contributed by atoms with Crippen molar-refractivity contribution in [2.45, 2.75) is 29.7 Å². The summed E-state index contributed by atoms with van der Waals surface area (Å²) in [4.78, 5) is 71.5. The van der Waals surface area contributed by atoms with Crippen molar-refractivity contribution in [2.75, 3.05) is 16.8 Å². The lowest BCUT2D eigenvalue weighted by molar-refractivity contribution is -0.122. The molecule has 2 aromatic heterocycles. The Bertz CT molecular complexity index is 1790. The zero-order valence-electron chi connectivity index (χ0n) is 22.6. The van der Waals surface area contributed by atoms with Crippen molar-refractivity contribution in [2.24, 2.45) is 5.92 Å². The Hall–Kier alpha value is -4.62. The SMILES string of the molecule is CCOC(=O)c1ccc(N2C(=O)C3Sc4c(sc(=O)n4CC(=O)Nc4ccc(F)cc4)[C@H](c4cccnc4)C3C2=O)cc1. The van der Waals surface area contributed by atoms with Gasteiger partial charge < -0.3 is 10.1 Å². The van der Waals surface area contributed by atoms with E-state index in [9.17, 15) is 28.4 Å². The normalized spacial score (nSPS) is 19.1. The number of imide groups is 1. The van der Waals surface area contributed by atoms with Crippen LogP contribution in [0.15, 0.2) is 82.9 Å². The minimum atomic E-state index is -0.879. The molecule has 218 valence electrons. The van der Waals surface area contributed by atoms with Gasteiger partial charge in [0.25, 0.3) is 0 Å². The highest BCUT2D eigenvalue weighted by Crippen LogP contribution is 2.53. The summed E-state index contributed by atoms with van der Waals surface area (Å²) in [5.41, 5.74) is 1.62. The second kappa shape index (κ2) is 11.6. The van der Waals surface area contributed by atoms with Crippen LogP contribution < -0.4 is 15.1 Å². The van der Waals surface area contributed by atoms with Crippen molar-refractivity contribution >= 4 is 58.2 Å². The molecule has 0 radical (unpaired) electrons. The number of hydrogen-bond acceptors (Lipinski definition) is 9. The average Bonchev–Trinajstić information content (AvgIpc) is 3.45. The number of anilines is 2. The second-order valence-corrected chi connectivity index (χ2v) is 11.9. The minimum Gasteiger partial charge on any atom is -0.462 e. The zero-order valence-corrected chi connectivity index (χ0v) is 24.2. The van der Waals surface area contributed by atoms with Crippen molar-refractivity contribution in [3.63, 3.8) is 0 Å². The van der Waals surface area contributed by atoms with Gasteiger partial charge in [0.15, 0.2) is 0 Å². The van der Waals surface area contributed by atoms with E-state index >= 15 is 0 Å². The van der Waals surface area contributed by atoms with Crippen LogP contribution in [-0.4, -0.2) is 45.1 Å². The predicted molar refractivity (Wildman–Crippen MR) is 158 cm³/mol. The van der Waals surface area contributed by atoms with Gasteiger partial charge in [0, 0.05) is 28.9 Å². The summed E-state index contributed by atoms with van der Waals surface area (Å²) in [7, 11) is 0. The third-order valence-electron chi connectivity index (χ3n) is 7.16. The summed E-state index contributed by atoms with van der Waals surface area (Å²) in [6, 6.07) is 14.8. The Kier molecular flexibility index (Phi) is 7.67. The number of fused-ring (bicyclic) bond motifs is 2. The fourth-order valence-electron chi connectivity index (χ4n) is 5.27. The Morgan fingerprint density at radius 1 is 1.02 bits per heavy atom. The fourth-order valence-corrected chi connectivity index (χ4v) is 8.04. The maximum absolute atomic E-state index is 14.0. The lowest BCUT2D eigenvalue weighted by atomic mass is 9.84. The number of pyridine rings is 1. The standard InChI is InChI=1S/C30H23FN4O6S2/c1-2-41-29(39)16-5-11-20(12-6-16)35-26(37)23-22(17-4-3-13-32-14-17)25-28(42-24(23)27(35)38)34(30(40)43-25)15-21(36)33-19-9-7-18(31)8-10-19/h3-14,22-24H,2,15H2,1H3,(H,33,36)/t22-,23?,24?/m1/s1. The van der Waals surface area contributed by atoms with Crippen LogP contribution in [0.3, 0.4) is 0 Å². The molecule has 4 aromatic rings. The first-order valence-electron chi connectivity index (χ1n) is 13.3. The van der Waals surface area contributed by atoms with Gasteiger partial charge in [-0.2, -0.15) is 0 Å². The molecule has 10 nitrogen and oxygen atoms in total. The molecule has 0 spiro atoms. The Labute approximate surface area is 252 Å². The Balaban J connectivity index is 1.35. The number of halogens is 1. The van der Waals surface area contributed by atoms with Crippen molar-refractivity contribution in [3.8, 4) is 0 Å². The number of esters is 1. The van der Waals surface area contributed by atoms with Crippen LogP contribution in [-0.2, 0) is 25.7 Å². The van der Waals surface area contributed by atoms with Gasteiger partial charge in [0.1, 0.15) is 17.6 Å². The van der Waals surface area contributed by atoms with Gasteiger partial charge in [0.05, 0.1) is 28.8 Å². The maximum Gasteiger partial charge on any atom is 0.338 e. The number of carbonyl (C=O) groups is 4. The van der Waals surface area contributed by atoms with Crippen LogP contribution in [0.1, 0.15) is 33.6 Å². The highest BCUT2D eigenvalue weighted by molar-refractivity contribution is 8.00. The molecule has 0 aliphatic carbocycles. The predicted octanol–water partition coefficient (Wildman–Crippen LogP) is 4.06. The molecule has 43 heavy (non-hydrogen) atoms. The summed E-state index contributed by atoms with van der Waals surface area (Å²) >= 11 is 2.01. The van der Waals surface area contributed by atoms with E-state index in [-0.39, 0.29) is 18.7 Å². The molecule has 2 aliphatic rings. The first kappa shape index (κ1) is 28.5. The number of amides is 3. The number of nitrogens with one attached hydrogen (secondary N) is 1. The number of hydrogen-bond donors (Lipinski definition) is 1. The highest BCUT2D eigenvalue weighted by atomic mass is 32.2. The van der Waals surface area contributed by atoms with Crippen LogP contribution in [0.5, 0.6) is 0 Å². The summed E-state index contributed by atoms with van der Waals surface area (Å²) < 4.78 is 19.6. The Morgan fingerprint density at radius 3 is 2.44 bits per heavy atom. The van der Waals surface area contributed by atoms with Gasteiger partial charge in [0.2, 0.25) is 17.7 Å². The molecular formula is C30H23FN4O6S2. The summed E-state index contributed by atoms with van der Waals surface area (Å²) in [6.07, 6.45) is 3.19. The van der Waals surface area contributed by atoms with E-state index in [1.165, 1.54) is 53.1 Å². The van der Waals surface area contributed by atoms with E-state index < -0.39 is 51.5 Å². The number of thiazole rings is 1. The van der Waals surface area contributed by atoms with Crippen LogP contribution in [0.4, 0.5) is 15.8 Å². The lowest BCUT2D eigenvalue weighted by Crippen LogP contribution is -2.33. The average molecular weight is 619 g/mol. The van der Waals surface area contributed by atoms with Gasteiger partial charge in [-0.3, -0.25) is 28.7 Å².